The molecule has 1 aromatic rings. The molecule has 2 aliphatic rings. The van der Waals surface area contributed by atoms with Gasteiger partial charge in [0.1, 0.15) is 0 Å². The van der Waals surface area contributed by atoms with Gasteiger partial charge >= 0.3 is 6.03 Å². The van der Waals surface area contributed by atoms with Gasteiger partial charge in [-0.3, -0.25) is 0 Å². The lowest BCUT2D eigenvalue weighted by molar-refractivity contribution is 0.201. The van der Waals surface area contributed by atoms with Crippen LogP contribution in [0.3, 0.4) is 0 Å². The average molecular weight is 290 g/mol. The minimum absolute atomic E-state index is 0.120. The Morgan fingerprint density at radius 3 is 2.75 bits per heavy atom. The van der Waals surface area contributed by atoms with Gasteiger partial charge in [-0.1, -0.05) is 30.3 Å². The smallest absolute Gasteiger partial charge is 0.317 e. The van der Waals surface area contributed by atoms with Crippen molar-refractivity contribution in [3.05, 3.63) is 35.9 Å². The Hall–Kier alpha value is -1.16. The van der Waals surface area contributed by atoms with E-state index >= 15 is 0 Å². The monoisotopic (exact) mass is 290 g/mol. The summed E-state index contributed by atoms with van der Waals surface area (Å²) in [6.07, 6.45) is 3.49. The maximum absolute atomic E-state index is 12.3. The molecule has 3 nitrogen and oxygen atoms in total. The van der Waals surface area contributed by atoms with Crippen LogP contribution in [0.25, 0.3) is 0 Å². The zero-order valence-corrected chi connectivity index (χ0v) is 12.6. The Morgan fingerprint density at radius 2 is 2.00 bits per heavy atom. The van der Waals surface area contributed by atoms with E-state index in [-0.39, 0.29) is 11.4 Å². The third kappa shape index (κ3) is 3.11. The van der Waals surface area contributed by atoms with E-state index in [0.717, 1.165) is 31.8 Å². The van der Waals surface area contributed by atoms with Crippen molar-refractivity contribution in [1.82, 2.24) is 10.2 Å². The fourth-order valence-electron chi connectivity index (χ4n) is 2.82. The maximum atomic E-state index is 12.3. The zero-order valence-electron chi connectivity index (χ0n) is 11.8. The fourth-order valence-corrected chi connectivity index (χ4v) is 3.70. The van der Waals surface area contributed by atoms with E-state index in [0.29, 0.717) is 0 Å². The molecule has 0 aromatic heterocycles. The molecule has 0 unspecified atom stereocenters. The van der Waals surface area contributed by atoms with Crippen molar-refractivity contribution in [2.24, 2.45) is 0 Å². The number of hydrogen-bond acceptors (Lipinski definition) is 2. The quantitative estimate of drug-likeness (QED) is 0.928. The van der Waals surface area contributed by atoms with Crippen LogP contribution in [0.1, 0.15) is 24.8 Å². The Morgan fingerprint density at radius 1 is 1.20 bits per heavy atom. The summed E-state index contributed by atoms with van der Waals surface area (Å²) in [5.41, 5.74) is 1.57. The predicted molar refractivity (Wildman–Crippen MR) is 84.3 cm³/mol. The molecule has 0 atom stereocenters. The number of hydrogen-bond donors (Lipinski definition) is 1. The molecule has 1 aromatic carbocycles. The third-order valence-corrected chi connectivity index (χ3v) is 5.38. The summed E-state index contributed by atoms with van der Waals surface area (Å²) in [4.78, 5) is 14.2. The molecule has 3 rings (SSSR count). The molecular weight excluding hydrogens is 268 g/mol. The fraction of sp³-hybridized carbons (Fsp3) is 0.562. The highest BCUT2D eigenvalue weighted by Crippen LogP contribution is 2.47. The van der Waals surface area contributed by atoms with E-state index in [1.54, 1.807) is 0 Å². The van der Waals surface area contributed by atoms with Crippen LogP contribution in [0.2, 0.25) is 0 Å². The summed E-state index contributed by atoms with van der Waals surface area (Å²) in [5, 5.41) is 3.16. The van der Waals surface area contributed by atoms with Crippen molar-refractivity contribution in [1.29, 1.82) is 0 Å². The first-order valence-corrected chi connectivity index (χ1v) is 8.62. The summed E-state index contributed by atoms with van der Waals surface area (Å²) in [6, 6.07) is 10.7. The Kier molecular flexibility index (Phi) is 4.20. The summed E-state index contributed by atoms with van der Waals surface area (Å²) >= 11 is 1.95. The number of rotatable bonds is 3. The molecule has 4 heteroatoms. The SMILES string of the molecule is O=C(NCC1(c2ccccc2)CC1)N1CCCSCC1. The Bertz CT molecular complexity index is 451. The first-order valence-electron chi connectivity index (χ1n) is 7.46. The van der Waals surface area contributed by atoms with Crippen LogP contribution in [-0.4, -0.2) is 42.1 Å². The standard InChI is InChI=1S/C16H22N2OS/c19-15(18-9-4-11-20-12-10-18)17-13-16(7-8-16)14-5-2-1-3-6-14/h1-3,5-6H,4,7-13H2,(H,17,19). The van der Waals surface area contributed by atoms with E-state index < -0.39 is 0 Å². The lowest BCUT2D eigenvalue weighted by atomic mass is 9.96. The number of urea groups is 1. The van der Waals surface area contributed by atoms with Crippen LogP contribution in [0, 0.1) is 0 Å². The molecule has 2 amide bonds. The predicted octanol–water partition coefficient (Wildman–Crippen LogP) is 2.87. The molecule has 1 heterocycles. The highest BCUT2D eigenvalue weighted by molar-refractivity contribution is 7.99. The number of carbonyl (C=O) groups is 1. The van der Waals surface area contributed by atoms with E-state index in [2.05, 4.69) is 29.6 Å². The second-order valence-electron chi connectivity index (χ2n) is 5.76. The maximum Gasteiger partial charge on any atom is 0.317 e. The Balaban J connectivity index is 1.55. The zero-order chi connectivity index (χ0) is 13.8. The van der Waals surface area contributed by atoms with Crippen molar-refractivity contribution in [3.8, 4) is 0 Å². The van der Waals surface area contributed by atoms with E-state index in [1.807, 2.05) is 22.7 Å². The van der Waals surface area contributed by atoms with Crippen molar-refractivity contribution in [3.63, 3.8) is 0 Å². The summed E-state index contributed by atoms with van der Waals surface area (Å²) in [7, 11) is 0. The van der Waals surface area contributed by atoms with Gasteiger partial charge in [0.15, 0.2) is 0 Å². The van der Waals surface area contributed by atoms with E-state index in [1.165, 1.54) is 24.2 Å². The highest BCUT2D eigenvalue weighted by atomic mass is 32.2. The lowest BCUT2D eigenvalue weighted by Crippen LogP contribution is -2.43. The molecule has 20 heavy (non-hydrogen) atoms. The third-order valence-electron chi connectivity index (χ3n) is 4.33. The molecule has 1 saturated carbocycles. The molecule has 2 fully saturated rings. The minimum Gasteiger partial charge on any atom is -0.337 e. The molecule has 0 bridgehead atoms. The second-order valence-corrected chi connectivity index (χ2v) is 6.98. The van der Waals surface area contributed by atoms with E-state index in [4.69, 9.17) is 0 Å². The van der Waals surface area contributed by atoms with Crippen molar-refractivity contribution in [2.45, 2.75) is 24.7 Å². The molecule has 1 aliphatic heterocycles. The van der Waals surface area contributed by atoms with Gasteiger partial charge in [0.25, 0.3) is 0 Å². The van der Waals surface area contributed by atoms with E-state index in [9.17, 15) is 4.79 Å². The van der Waals surface area contributed by atoms with Crippen molar-refractivity contribution < 1.29 is 4.79 Å². The topological polar surface area (TPSA) is 32.3 Å². The molecule has 0 spiro atoms. The largest absolute Gasteiger partial charge is 0.337 e. The van der Waals surface area contributed by atoms with Crippen LogP contribution in [0.15, 0.2) is 30.3 Å². The molecule has 1 N–H and O–H groups in total. The van der Waals surface area contributed by atoms with Crippen LogP contribution < -0.4 is 5.32 Å². The molecule has 1 saturated heterocycles. The van der Waals surface area contributed by atoms with Crippen LogP contribution >= 0.6 is 11.8 Å². The summed E-state index contributed by atoms with van der Waals surface area (Å²) in [6.45, 7) is 2.56. The van der Waals surface area contributed by atoms with Gasteiger partial charge in [0.2, 0.25) is 0 Å². The van der Waals surface area contributed by atoms with Gasteiger partial charge in [-0.2, -0.15) is 11.8 Å². The first kappa shape index (κ1) is 13.8. The summed E-state index contributed by atoms with van der Waals surface area (Å²) < 4.78 is 0. The number of thioether (sulfide) groups is 1. The summed E-state index contributed by atoms with van der Waals surface area (Å²) in [5.74, 6) is 2.25. The van der Waals surface area contributed by atoms with Crippen LogP contribution in [-0.2, 0) is 5.41 Å². The highest BCUT2D eigenvalue weighted by Gasteiger charge is 2.44. The molecule has 0 radical (unpaired) electrons. The number of carbonyl (C=O) groups excluding carboxylic acids is 1. The van der Waals surface area contributed by atoms with Gasteiger partial charge in [0.05, 0.1) is 0 Å². The first-order chi connectivity index (χ1) is 9.80. The molecular formula is C16H22N2OS. The molecule has 108 valence electrons. The van der Waals surface area contributed by atoms with Crippen molar-refractivity contribution >= 4 is 17.8 Å². The number of amides is 2. The van der Waals surface area contributed by atoms with Crippen LogP contribution in [0.4, 0.5) is 4.79 Å². The van der Waals surface area contributed by atoms with Gasteiger partial charge in [-0.15, -0.1) is 0 Å². The molecule has 1 aliphatic carbocycles. The number of benzene rings is 1. The average Bonchev–Trinajstić information content (AvgIpc) is 3.30. The number of nitrogens with one attached hydrogen (secondary N) is 1. The van der Waals surface area contributed by atoms with Gasteiger partial charge in [-0.05, 0) is 30.6 Å². The normalized spacial score (nSPS) is 21.1. The second kappa shape index (κ2) is 6.08. The Labute approximate surface area is 125 Å². The lowest BCUT2D eigenvalue weighted by Gasteiger charge is -2.23. The van der Waals surface area contributed by atoms with Gasteiger partial charge in [0, 0.05) is 30.8 Å². The van der Waals surface area contributed by atoms with Gasteiger partial charge < -0.3 is 10.2 Å². The van der Waals surface area contributed by atoms with Gasteiger partial charge in [-0.25, -0.2) is 4.79 Å². The van der Waals surface area contributed by atoms with Crippen molar-refractivity contribution in [2.75, 3.05) is 31.1 Å². The minimum atomic E-state index is 0.120. The number of nitrogens with zero attached hydrogens (tertiary/aromatic N) is 1. The van der Waals surface area contributed by atoms with Crippen LogP contribution in [0.5, 0.6) is 0 Å².